The molecular formula is C22H26FN3O3. The van der Waals surface area contributed by atoms with Crippen molar-refractivity contribution in [2.45, 2.75) is 51.8 Å². The van der Waals surface area contributed by atoms with Gasteiger partial charge in [-0.1, -0.05) is 0 Å². The van der Waals surface area contributed by atoms with Gasteiger partial charge in [0.05, 0.1) is 17.7 Å². The lowest BCUT2D eigenvalue weighted by atomic mass is 9.94. The fourth-order valence-electron chi connectivity index (χ4n) is 3.45. The number of aromatic nitrogens is 1. The molecule has 1 aromatic heterocycles. The molecule has 0 bridgehead atoms. The fraction of sp³-hybridized carbons (Fsp3) is 0.500. The maximum atomic E-state index is 15.2. The summed E-state index contributed by atoms with van der Waals surface area (Å²) < 4.78 is 27.0. The lowest BCUT2D eigenvalue weighted by Gasteiger charge is -2.36. The average molecular weight is 399 g/mol. The van der Waals surface area contributed by atoms with Gasteiger partial charge < -0.3 is 14.4 Å². The third-order valence-corrected chi connectivity index (χ3v) is 5.09. The average Bonchev–Trinajstić information content (AvgIpc) is 2.67. The molecule has 1 aromatic carbocycles. The summed E-state index contributed by atoms with van der Waals surface area (Å²) in [6.07, 6.45) is 1.89. The Balaban J connectivity index is 1.72. The molecule has 2 aromatic rings. The van der Waals surface area contributed by atoms with E-state index in [2.05, 4.69) is 4.98 Å². The minimum atomic E-state index is -1.51. The number of carbonyl (C=O) groups is 1. The van der Waals surface area contributed by atoms with Crippen molar-refractivity contribution in [1.82, 2.24) is 9.88 Å². The Bertz CT molecular complexity index is 931. The monoisotopic (exact) mass is 399 g/mol. The number of alkyl halides is 1. The van der Waals surface area contributed by atoms with Crippen molar-refractivity contribution in [2.24, 2.45) is 0 Å². The standard InChI is InChI=1S/C22H26FN3O3/c1-15(2)29-20-13-17-18(12-16(20)3)25-9-5-19(17)28-14-22(23)6-10-26(11-7-22)21(27)4-8-24/h5,9,12-13,15H,4,6-7,10-11,14H2,1-3H3. The van der Waals surface area contributed by atoms with E-state index in [1.54, 1.807) is 17.2 Å². The van der Waals surface area contributed by atoms with Crippen molar-refractivity contribution >= 4 is 16.8 Å². The first-order valence-corrected chi connectivity index (χ1v) is 9.84. The minimum Gasteiger partial charge on any atom is -0.491 e. The number of likely N-dealkylation sites (tertiary alicyclic amines) is 1. The number of piperidine rings is 1. The van der Waals surface area contributed by atoms with Crippen LogP contribution >= 0.6 is 0 Å². The number of hydrogen-bond acceptors (Lipinski definition) is 5. The van der Waals surface area contributed by atoms with E-state index in [-0.39, 0.29) is 37.9 Å². The predicted molar refractivity (Wildman–Crippen MR) is 108 cm³/mol. The van der Waals surface area contributed by atoms with Crippen LogP contribution in [0.15, 0.2) is 24.4 Å². The van der Waals surface area contributed by atoms with E-state index in [0.717, 1.165) is 22.2 Å². The number of amides is 1. The van der Waals surface area contributed by atoms with Crippen molar-refractivity contribution < 1.29 is 18.7 Å². The van der Waals surface area contributed by atoms with Gasteiger partial charge in [-0.15, -0.1) is 0 Å². The molecule has 154 valence electrons. The molecule has 29 heavy (non-hydrogen) atoms. The van der Waals surface area contributed by atoms with Crippen molar-refractivity contribution in [3.63, 3.8) is 0 Å². The molecule has 0 atom stereocenters. The van der Waals surface area contributed by atoms with E-state index in [4.69, 9.17) is 14.7 Å². The van der Waals surface area contributed by atoms with Crippen LogP contribution in [0.1, 0.15) is 38.7 Å². The Hall–Kier alpha value is -2.88. The van der Waals surface area contributed by atoms with E-state index in [9.17, 15) is 4.79 Å². The second-order valence-electron chi connectivity index (χ2n) is 7.77. The summed E-state index contributed by atoms with van der Waals surface area (Å²) >= 11 is 0. The molecule has 0 saturated carbocycles. The van der Waals surface area contributed by atoms with Gasteiger partial charge in [0.1, 0.15) is 30.2 Å². The lowest BCUT2D eigenvalue weighted by molar-refractivity contribution is -0.133. The molecule has 1 aliphatic heterocycles. The molecular weight excluding hydrogens is 373 g/mol. The Morgan fingerprint density at radius 2 is 2.07 bits per heavy atom. The van der Waals surface area contributed by atoms with E-state index < -0.39 is 5.67 Å². The highest BCUT2D eigenvalue weighted by molar-refractivity contribution is 5.87. The number of aryl methyl sites for hydroxylation is 1. The zero-order valence-corrected chi connectivity index (χ0v) is 17.1. The van der Waals surface area contributed by atoms with Gasteiger partial charge in [0, 0.05) is 37.5 Å². The summed E-state index contributed by atoms with van der Waals surface area (Å²) in [5.41, 5.74) is 0.231. The number of nitriles is 1. The van der Waals surface area contributed by atoms with Crippen LogP contribution in [-0.2, 0) is 4.79 Å². The van der Waals surface area contributed by atoms with Crippen molar-refractivity contribution in [3.05, 3.63) is 30.0 Å². The molecule has 1 aliphatic rings. The molecule has 6 nitrogen and oxygen atoms in total. The number of benzene rings is 1. The third-order valence-electron chi connectivity index (χ3n) is 5.09. The molecule has 0 radical (unpaired) electrons. The molecule has 2 heterocycles. The van der Waals surface area contributed by atoms with Crippen LogP contribution in [0.3, 0.4) is 0 Å². The lowest BCUT2D eigenvalue weighted by Crippen LogP contribution is -2.47. The topological polar surface area (TPSA) is 75.5 Å². The molecule has 0 aliphatic carbocycles. The Morgan fingerprint density at radius 1 is 1.34 bits per heavy atom. The Labute approximate surface area is 170 Å². The highest BCUT2D eigenvalue weighted by atomic mass is 19.1. The number of fused-ring (bicyclic) bond motifs is 1. The summed E-state index contributed by atoms with van der Waals surface area (Å²) in [5, 5.41) is 9.42. The number of carbonyl (C=O) groups excluding carboxylic acids is 1. The van der Waals surface area contributed by atoms with Gasteiger partial charge in [0.2, 0.25) is 5.91 Å². The zero-order chi connectivity index (χ0) is 21.0. The summed E-state index contributed by atoms with van der Waals surface area (Å²) in [5.74, 6) is 1.07. The van der Waals surface area contributed by atoms with Gasteiger partial charge in [-0.25, -0.2) is 4.39 Å². The SMILES string of the molecule is Cc1cc2nccc(OCC3(F)CCN(C(=O)CC#N)CC3)c2cc1OC(C)C. The maximum Gasteiger partial charge on any atom is 0.236 e. The van der Waals surface area contributed by atoms with Crippen molar-refractivity contribution in [1.29, 1.82) is 5.26 Å². The van der Waals surface area contributed by atoms with Gasteiger partial charge in [-0.3, -0.25) is 9.78 Å². The first-order valence-electron chi connectivity index (χ1n) is 9.84. The van der Waals surface area contributed by atoms with Crippen LogP contribution in [0, 0.1) is 18.3 Å². The number of pyridine rings is 1. The highest BCUT2D eigenvalue weighted by Gasteiger charge is 2.36. The first kappa shape index (κ1) is 20.8. The number of ether oxygens (including phenoxy) is 2. The molecule has 0 spiro atoms. The molecule has 0 N–H and O–H groups in total. The minimum absolute atomic E-state index is 0.0372. The molecule has 3 rings (SSSR count). The predicted octanol–water partition coefficient (Wildman–Crippen LogP) is 3.95. The van der Waals surface area contributed by atoms with Crippen LogP contribution in [0.2, 0.25) is 0 Å². The maximum absolute atomic E-state index is 15.2. The fourth-order valence-corrected chi connectivity index (χ4v) is 3.45. The summed E-state index contributed by atoms with van der Waals surface area (Å²) in [6, 6.07) is 7.40. The van der Waals surface area contributed by atoms with Crippen LogP contribution in [0.4, 0.5) is 4.39 Å². The van der Waals surface area contributed by atoms with Gasteiger partial charge >= 0.3 is 0 Å². The Kier molecular flexibility index (Phi) is 6.21. The second kappa shape index (κ2) is 8.64. The van der Waals surface area contributed by atoms with Gasteiger partial charge in [-0.2, -0.15) is 5.26 Å². The summed E-state index contributed by atoms with van der Waals surface area (Å²) in [6.45, 7) is 6.38. The number of rotatable bonds is 6. The van der Waals surface area contributed by atoms with Crippen LogP contribution in [0.5, 0.6) is 11.5 Å². The second-order valence-corrected chi connectivity index (χ2v) is 7.77. The summed E-state index contributed by atoms with van der Waals surface area (Å²) in [7, 11) is 0. The molecule has 1 amide bonds. The van der Waals surface area contributed by atoms with Crippen LogP contribution in [-0.4, -0.2) is 47.3 Å². The quantitative estimate of drug-likeness (QED) is 0.735. The van der Waals surface area contributed by atoms with Gasteiger partial charge in [-0.05, 0) is 44.5 Å². The number of hydrogen-bond donors (Lipinski definition) is 0. The molecule has 0 unspecified atom stereocenters. The third kappa shape index (κ3) is 4.94. The van der Waals surface area contributed by atoms with E-state index in [1.165, 1.54) is 0 Å². The summed E-state index contributed by atoms with van der Waals surface area (Å²) in [4.78, 5) is 17.7. The first-order chi connectivity index (χ1) is 13.8. The van der Waals surface area contributed by atoms with E-state index >= 15 is 4.39 Å². The van der Waals surface area contributed by atoms with Crippen molar-refractivity contribution in [3.8, 4) is 17.6 Å². The molecule has 1 fully saturated rings. The number of nitrogens with zero attached hydrogens (tertiary/aromatic N) is 3. The number of halogens is 1. The van der Waals surface area contributed by atoms with Crippen molar-refractivity contribution in [2.75, 3.05) is 19.7 Å². The van der Waals surface area contributed by atoms with E-state index in [0.29, 0.717) is 18.8 Å². The van der Waals surface area contributed by atoms with Gasteiger partial charge in [0.15, 0.2) is 0 Å². The normalized spacial score (nSPS) is 15.9. The van der Waals surface area contributed by atoms with Gasteiger partial charge in [0.25, 0.3) is 0 Å². The van der Waals surface area contributed by atoms with E-state index in [1.807, 2.05) is 39.0 Å². The largest absolute Gasteiger partial charge is 0.491 e. The van der Waals surface area contributed by atoms with Crippen LogP contribution < -0.4 is 9.47 Å². The molecule has 7 heteroatoms. The highest BCUT2D eigenvalue weighted by Crippen LogP contribution is 2.33. The molecule has 1 saturated heterocycles. The smallest absolute Gasteiger partial charge is 0.236 e. The Morgan fingerprint density at radius 3 is 2.72 bits per heavy atom. The zero-order valence-electron chi connectivity index (χ0n) is 17.1. The van der Waals surface area contributed by atoms with Crippen LogP contribution in [0.25, 0.3) is 10.9 Å².